The van der Waals surface area contributed by atoms with Crippen molar-refractivity contribution in [1.82, 2.24) is 14.8 Å². The fourth-order valence-electron chi connectivity index (χ4n) is 4.39. The van der Waals surface area contributed by atoms with Gasteiger partial charge in [0, 0.05) is 44.9 Å². The molecule has 1 aliphatic heterocycles. The molecule has 2 aromatic carbocycles. The van der Waals surface area contributed by atoms with Crippen LogP contribution >= 0.6 is 0 Å². The fraction of sp³-hybridized carbons (Fsp3) is 0.344. The van der Waals surface area contributed by atoms with Gasteiger partial charge in [-0.2, -0.15) is 0 Å². The lowest BCUT2D eigenvalue weighted by Gasteiger charge is -2.33. The first kappa shape index (κ1) is 30.4. The number of nitrogens with one attached hydrogen (secondary N) is 2. The number of benzene rings is 2. The van der Waals surface area contributed by atoms with Gasteiger partial charge in [0.2, 0.25) is 5.91 Å². The van der Waals surface area contributed by atoms with E-state index in [0.29, 0.717) is 54.0 Å². The zero-order valence-corrected chi connectivity index (χ0v) is 24.2. The predicted molar refractivity (Wildman–Crippen MR) is 162 cm³/mol. The summed E-state index contributed by atoms with van der Waals surface area (Å²) in [5.74, 6) is 3.08. The first-order chi connectivity index (χ1) is 19.4. The van der Waals surface area contributed by atoms with Crippen LogP contribution in [0.1, 0.15) is 32.3 Å². The van der Waals surface area contributed by atoms with E-state index in [1.165, 1.54) is 0 Å². The molecule has 4 rings (SSSR count). The molecular formula is C32H41N5O3. The molecule has 1 fully saturated rings. The number of para-hydroxylation sites is 1. The van der Waals surface area contributed by atoms with Crippen LogP contribution in [0.25, 0.3) is 0 Å². The summed E-state index contributed by atoms with van der Waals surface area (Å²) < 4.78 is 12.1. The minimum absolute atomic E-state index is 0.0151. The highest BCUT2D eigenvalue weighted by atomic mass is 16.5. The topological polar surface area (TPSA) is 90.8 Å². The molecular weight excluding hydrogens is 502 g/mol. The zero-order chi connectivity index (χ0) is 28.9. The molecule has 2 heterocycles. The quantitative estimate of drug-likeness (QED) is 0.225. The largest absolute Gasteiger partial charge is 0.457 e. The van der Waals surface area contributed by atoms with Crippen LogP contribution in [-0.4, -0.2) is 67.2 Å². The van der Waals surface area contributed by atoms with Crippen molar-refractivity contribution in [2.75, 3.05) is 46.1 Å². The van der Waals surface area contributed by atoms with Crippen molar-refractivity contribution in [3.8, 4) is 23.0 Å². The minimum atomic E-state index is -0.116. The number of likely N-dealkylation sites (N-methyl/N-ethyl adjacent to an activating group) is 1. The predicted octanol–water partition coefficient (Wildman–Crippen LogP) is 6.46. The van der Waals surface area contributed by atoms with E-state index in [2.05, 4.69) is 10.3 Å². The first-order valence-corrected chi connectivity index (χ1v) is 13.8. The number of carbonyl (C=O) groups is 1. The Kier molecular flexibility index (Phi) is 11.7. The average Bonchev–Trinajstić information content (AvgIpc) is 2.99. The molecule has 1 aliphatic rings. The van der Waals surface area contributed by atoms with Crippen molar-refractivity contribution in [2.24, 2.45) is 5.92 Å². The summed E-state index contributed by atoms with van der Waals surface area (Å²) in [6.07, 6.45) is 6.84. The lowest BCUT2D eigenvalue weighted by molar-refractivity contribution is -0.127. The summed E-state index contributed by atoms with van der Waals surface area (Å²) in [7, 11) is 5.71. The molecule has 40 heavy (non-hydrogen) atoms. The number of nitrogens with zero attached hydrogens (tertiary/aromatic N) is 3. The van der Waals surface area contributed by atoms with E-state index in [9.17, 15) is 4.79 Å². The molecule has 1 unspecified atom stereocenters. The number of hydrogen-bond acceptors (Lipinski definition) is 7. The van der Waals surface area contributed by atoms with Gasteiger partial charge in [0.05, 0.1) is 11.3 Å². The maximum atomic E-state index is 12.7. The summed E-state index contributed by atoms with van der Waals surface area (Å²) in [4.78, 5) is 21.0. The summed E-state index contributed by atoms with van der Waals surface area (Å²) in [5.41, 5.74) is 1.03. The zero-order valence-electron chi connectivity index (χ0n) is 24.2. The number of carbonyl (C=O) groups excluding carboxylic acids is 1. The molecule has 3 aromatic rings. The average molecular weight is 544 g/mol. The molecule has 0 aliphatic carbocycles. The molecule has 0 bridgehead atoms. The van der Waals surface area contributed by atoms with Crippen LogP contribution < -0.4 is 14.8 Å². The molecule has 2 N–H and O–H groups in total. The Labute approximate surface area is 238 Å². The fourth-order valence-corrected chi connectivity index (χ4v) is 4.39. The number of aromatic nitrogens is 1. The van der Waals surface area contributed by atoms with E-state index in [4.69, 9.17) is 14.9 Å². The van der Waals surface area contributed by atoms with Gasteiger partial charge in [0.1, 0.15) is 28.8 Å². The van der Waals surface area contributed by atoms with Gasteiger partial charge in [0.15, 0.2) is 0 Å². The van der Waals surface area contributed by atoms with Crippen molar-refractivity contribution in [3.05, 3.63) is 84.6 Å². The van der Waals surface area contributed by atoms with Crippen LogP contribution in [0.2, 0.25) is 0 Å². The van der Waals surface area contributed by atoms with E-state index in [1.807, 2.05) is 98.4 Å². The Bertz CT molecular complexity index is 1260. The third kappa shape index (κ3) is 8.41. The summed E-state index contributed by atoms with van der Waals surface area (Å²) in [5, 5.41) is 12.2. The lowest BCUT2D eigenvalue weighted by atomic mass is 9.89. The smallest absolute Gasteiger partial charge is 0.246 e. The molecule has 8 nitrogen and oxygen atoms in total. The Morgan fingerprint density at radius 2 is 1.70 bits per heavy atom. The Hall–Kier alpha value is -4.17. The maximum absolute atomic E-state index is 12.7. The van der Waals surface area contributed by atoms with Crippen LogP contribution in [0.3, 0.4) is 0 Å². The minimum Gasteiger partial charge on any atom is -0.457 e. The number of anilines is 1. The van der Waals surface area contributed by atoms with Crippen molar-refractivity contribution >= 4 is 17.4 Å². The van der Waals surface area contributed by atoms with Gasteiger partial charge in [-0.25, -0.2) is 4.98 Å². The van der Waals surface area contributed by atoms with Crippen molar-refractivity contribution in [2.45, 2.75) is 26.7 Å². The van der Waals surface area contributed by atoms with Crippen LogP contribution in [-0.2, 0) is 4.79 Å². The first-order valence-electron chi connectivity index (χ1n) is 13.8. The second-order valence-corrected chi connectivity index (χ2v) is 9.47. The molecule has 0 saturated carbocycles. The molecule has 0 spiro atoms. The van der Waals surface area contributed by atoms with Crippen molar-refractivity contribution in [3.63, 3.8) is 0 Å². The number of piperidine rings is 1. The maximum Gasteiger partial charge on any atom is 0.246 e. The number of amides is 1. The number of likely N-dealkylation sites (tertiary alicyclic amines) is 1. The van der Waals surface area contributed by atoms with E-state index >= 15 is 0 Å². The molecule has 212 valence electrons. The van der Waals surface area contributed by atoms with Crippen LogP contribution in [0.5, 0.6) is 23.0 Å². The number of rotatable bonds is 10. The van der Waals surface area contributed by atoms with Crippen molar-refractivity contribution in [1.29, 1.82) is 5.41 Å². The SMILES string of the molecule is CC.CNc1nccc(Oc2ccc(Oc3ccccc3)cc2)c1C(=N)C1CCCN(C(=O)/C=C/CN(C)C)C1. The standard InChI is InChI=1S/C30H35N5O3.C2H6/c1-32-30-28(29(31)22-9-7-20-35(21-22)27(36)12-8-19-34(2)3)26(17-18-33-30)38-25-15-13-24(14-16-25)37-23-10-5-4-6-11-23;1-2/h4-6,8,10-18,22,31H,7,9,19-21H2,1-3H3,(H,32,33);1-2H3/b12-8+,31-29?;. The van der Waals surface area contributed by atoms with E-state index in [-0.39, 0.29) is 11.8 Å². The third-order valence-electron chi connectivity index (χ3n) is 6.32. The summed E-state index contributed by atoms with van der Waals surface area (Å²) >= 11 is 0. The van der Waals surface area contributed by atoms with Gasteiger partial charge < -0.3 is 30.0 Å². The number of ether oxygens (including phenoxy) is 2. The van der Waals surface area contributed by atoms with E-state index in [0.717, 1.165) is 18.6 Å². The van der Waals surface area contributed by atoms with Crippen LogP contribution in [0.4, 0.5) is 5.82 Å². The van der Waals surface area contributed by atoms with E-state index < -0.39 is 0 Å². The summed E-state index contributed by atoms with van der Waals surface area (Å²) in [6, 6.07) is 18.7. The third-order valence-corrected chi connectivity index (χ3v) is 6.32. The highest BCUT2D eigenvalue weighted by Crippen LogP contribution is 2.34. The van der Waals surface area contributed by atoms with Gasteiger partial charge >= 0.3 is 0 Å². The Morgan fingerprint density at radius 3 is 2.35 bits per heavy atom. The van der Waals surface area contributed by atoms with Gasteiger partial charge in [-0.15, -0.1) is 0 Å². The lowest BCUT2D eigenvalue weighted by Crippen LogP contribution is -2.42. The van der Waals surface area contributed by atoms with E-state index in [1.54, 1.807) is 25.4 Å². The highest BCUT2D eigenvalue weighted by Gasteiger charge is 2.29. The summed E-state index contributed by atoms with van der Waals surface area (Å²) in [6.45, 7) is 5.90. The van der Waals surface area contributed by atoms with Crippen LogP contribution in [0.15, 0.2) is 79.0 Å². The van der Waals surface area contributed by atoms with Gasteiger partial charge in [-0.05, 0) is 69.4 Å². The second-order valence-electron chi connectivity index (χ2n) is 9.47. The number of pyridine rings is 1. The molecule has 1 atom stereocenters. The molecule has 1 aromatic heterocycles. The highest BCUT2D eigenvalue weighted by molar-refractivity contribution is 6.06. The van der Waals surface area contributed by atoms with Crippen molar-refractivity contribution < 1.29 is 14.3 Å². The molecule has 1 amide bonds. The number of hydrogen-bond donors (Lipinski definition) is 2. The molecule has 8 heteroatoms. The Morgan fingerprint density at radius 1 is 1.05 bits per heavy atom. The second kappa shape index (κ2) is 15.4. The van der Waals surface area contributed by atoms with Gasteiger partial charge in [0.25, 0.3) is 0 Å². The monoisotopic (exact) mass is 543 g/mol. The molecule has 0 radical (unpaired) electrons. The Balaban J connectivity index is 0.00000216. The van der Waals surface area contributed by atoms with Gasteiger partial charge in [-0.1, -0.05) is 38.1 Å². The molecule has 1 saturated heterocycles. The van der Waals surface area contributed by atoms with Gasteiger partial charge in [-0.3, -0.25) is 4.79 Å². The van der Waals surface area contributed by atoms with Crippen LogP contribution in [0, 0.1) is 11.3 Å². The normalized spacial score (nSPS) is 14.8.